The number of carbonyl (C=O) groups is 1. The second-order valence-corrected chi connectivity index (χ2v) is 7.93. The molecule has 0 radical (unpaired) electrons. The van der Waals surface area contributed by atoms with Gasteiger partial charge in [-0.15, -0.1) is 0 Å². The van der Waals surface area contributed by atoms with E-state index in [0.717, 1.165) is 31.2 Å². The fourth-order valence-electron chi connectivity index (χ4n) is 3.73. The van der Waals surface area contributed by atoms with Crippen LogP contribution in [0.1, 0.15) is 43.4 Å². The van der Waals surface area contributed by atoms with E-state index in [1.165, 1.54) is 7.11 Å². The average molecular weight is 452 g/mol. The molecule has 0 saturated carbocycles. The molecular formula is C25H29N3O5. The summed E-state index contributed by atoms with van der Waals surface area (Å²) in [6, 6.07) is 13.1. The lowest BCUT2D eigenvalue weighted by atomic mass is 10.1. The van der Waals surface area contributed by atoms with Crippen LogP contribution in [-0.4, -0.2) is 41.2 Å². The molecule has 0 N–H and O–H groups in total. The Morgan fingerprint density at radius 2 is 1.94 bits per heavy atom. The molecule has 4 rings (SSSR count). The summed E-state index contributed by atoms with van der Waals surface area (Å²) < 4.78 is 22.4. The van der Waals surface area contributed by atoms with Gasteiger partial charge in [-0.3, -0.25) is 4.79 Å². The summed E-state index contributed by atoms with van der Waals surface area (Å²) in [5, 5.41) is 3.80. The highest BCUT2D eigenvalue weighted by Crippen LogP contribution is 2.32. The van der Waals surface area contributed by atoms with Crippen molar-refractivity contribution in [3.05, 3.63) is 60.0 Å². The zero-order valence-corrected chi connectivity index (χ0v) is 18.9. The second kappa shape index (κ2) is 11.4. The normalized spacial score (nSPS) is 14.8. The number of nitrogens with zero attached hydrogens (tertiary/aromatic N) is 3. The molecule has 0 unspecified atom stereocenters. The minimum atomic E-state index is 0.0518. The van der Waals surface area contributed by atoms with E-state index in [9.17, 15) is 4.79 Å². The fraction of sp³-hybridized carbons (Fsp3) is 0.400. The predicted octanol–water partition coefficient (Wildman–Crippen LogP) is 4.78. The number of hydrogen-bond donors (Lipinski definition) is 0. The molecule has 8 nitrogen and oxygen atoms in total. The molecule has 0 saturated heterocycles. The van der Waals surface area contributed by atoms with Crippen molar-refractivity contribution in [2.45, 2.75) is 45.1 Å². The number of fused-ring (bicyclic) bond motifs is 2. The van der Waals surface area contributed by atoms with Crippen molar-refractivity contribution in [3.8, 4) is 23.3 Å². The number of amides is 1. The molecule has 174 valence electrons. The van der Waals surface area contributed by atoms with E-state index >= 15 is 0 Å². The van der Waals surface area contributed by atoms with Gasteiger partial charge >= 0.3 is 0 Å². The van der Waals surface area contributed by atoms with Gasteiger partial charge in [0.1, 0.15) is 5.76 Å². The third-order valence-electron chi connectivity index (χ3n) is 5.53. The van der Waals surface area contributed by atoms with E-state index in [1.54, 1.807) is 12.3 Å². The molecule has 1 aromatic carbocycles. The Morgan fingerprint density at radius 1 is 1.09 bits per heavy atom. The van der Waals surface area contributed by atoms with E-state index < -0.39 is 0 Å². The van der Waals surface area contributed by atoms with Crippen molar-refractivity contribution in [2.24, 2.45) is 0 Å². The van der Waals surface area contributed by atoms with Crippen molar-refractivity contribution in [2.75, 3.05) is 20.3 Å². The molecule has 0 bridgehead atoms. The maximum absolute atomic E-state index is 13.1. The Kier molecular flexibility index (Phi) is 7.79. The largest absolute Gasteiger partial charge is 0.490 e. The van der Waals surface area contributed by atoms with Gasteiger partial charge in [-0.2, -0.15) is 0 Å². The van der Waals surface area contributed by atoms with Gasteiger partial charge in [-0.05, 0) is 36.2 Å². The summed E-state index contributed by atoms with van der Waals surface area (Å²) in [6.45, 7) is 1.72. The zero-order valence-electron chi connectivity index (χ0n) is 18.9. The average Bonchev–Trinajstić information content (AvgIpc) is 3.31. The quantitative estimate of drug-likeness (QED) is 0.564. The SMILES string of the molecule is COc1cc(CCC(=O)N2CCCCCCOc3ccccc3Oc3ncccc3C2)on1. The van der Waals surface area contributed by atoms with Crippen LogP contribution in [0.25, 0.3) is 0 Å². The Bertz CT molecular complexity index is 1050. The van der Waals surface area contributed by atoms with Gasteiger partial charge in [0.15, 0.2) is 11.5 Å². The number of aromatic nitrogens is 2. The van der Waals surface area contributed by atoms with Crippen LogP contribution in [0.4, 0.5) is 0 Å². The second-order valence-electron chi connectivity index (χ2n) is 7.93. The Hall–Kier alpha value is -3.55. The van der Waals surface area contributed by atoms with Crippen LogP contribution in [0.2, 0.25) is 0 Å². The van der Waals surface area contributed by atoms with E-state index in [-0.39, 0.29) is 5.91 Å². The maximum atomic E-state index is 13.1. The lowest BCUT2D eigenvalue weighted by molar-refractivity contribution is -0.132. The Labute approximate surface area is 193 Å². The van der Waals surface area contributed by atoms with Crippen molar-refractivity contribution in [1.29, 1.82) is 0 Å². The van der Waals surface area contributed by atoms with Gasteiger partial charge in [-0.25, -0.2) is 4.98 Å². The molecule has 1 aliphatic heterocycles. The van der Waals surface area contributed by atoms with E-state index in [2.05, 4.69) is 10.1 Å². The first-order valence-electron chi connectivity index (χ1n) is 11.3. The monoisotopic (exact) mass is 451 g/mol. The number of pyridine rings is 1. The van der Waals surface area contributed by atoms with Crippen LogP contribution in [0.3, 0.4) is 0 Å². The molecule has 0 atom stereocenters. The summed E-state index contributed by atoms with van der Waals surface area (Å²) >= 11 is 0. The van der Waals surface area contributed by atoms with Crippen molar-refractivity contribution in [1.82, 2.24) is 15.0 Å². The highest BCUT2D eigenvalue weighted by Gasteiger charge is 2.19. The number of rotatable bonds is 4. The summed E-state index contributed by atoms with van der Waals surface area (Å²) in [6.07, 6.45) is 6.43. The molecule has 1 aliphatic rings. The van der Waals surface area contributed by atoms with Gasteiger partial charge < -0.3 is 23.6 Å². The molecule has 0 fully saturated rings. The molecular weight excluding hydrogens is 422 g/mol. The molecule has 0 aliphatic carbocycles. The van der Waals surface area contributed by atoms with Gasteiger partial charge in [0, 0.05) is 37.2 Å². The molecule has 3 heterocycles. The number of aryl methyl sites for hydroxylation is 1. The topological polar surface area (TPSA) is 86.9 Å². The zero-order chi connectivity index (χ0) is 22.9. The molecule has 0 spiro atoms. The number of para-hydroxylation sites is 2. The third-order valence-corrected chi connectivity index (χ3v) is 5.53. The Balaban J connectivity index is 1.52. The molecule has 33 heavy (non-hydrogen) atoms. The number of carbonyl (C=O) groups excluding carboxylic acids is 1. The minimum Gasteiger partial charge on any atom is -0.490 e. The van der Waals surface area contributed by atoms with Crippen molar-refractivity contribution < 1.29 is 23.5 Å². The van der Waals surface area contributed by atoms with Gasteiger partial charge in [-0.1, -0.05) is 31.0 Å². The first kappa shape index (κ1) is 22.6. The van der Waals surface area contributed by atoms with Crippen molar-refractivity contribution >= 4 is 5.91 Å². The standard InChI is InChI=1S/C25H29N3O5/c1-30-23-17-20(33-27-23)12-13-24(29)28-15-6-2-3-7-16-31-21-10-4-5-11-22(21)32-25-19(18-28)9-8-14-26-25/h4-5,8-11,14,17H,2-3,6-7,12-13,15-16,18H2,1H3. The Morgan fingerprint density at radius 3 is 2.79 bits per heavy atom. The van der Waals surface area contributed by atoms with Crippen LogP contribution in [0.5, 0.6) is 23.3 Å². The van der Waals surface area contributed by atoms with E-state index in [4.69, 9.17) is 18.7 Å². The number of ether oxygens (including phenoxy) is 3. The highest BCUT2D eigenvalue weighted by atomic mass is 16.5. The van der Waals surface area contributed by atoms with Gasteiger partial charge in [0.05, 0.1) is 20.3 Å². The highest BCUT2D eigenvalue weighted by molar-refractivity contribution is 5.76. The number of methoxy groups -OCH3 is 1. The molecule has 3 aromatic rings. The predicted molar refractivity (Wildman–Crippen MR) is 122 cm³/mol. The number of hydrogen-bond acceptors (Lipinski definition) is 7. The lowest BCUT2D eigenvalue weighted by Gasteiger charge is -2.24. The summed E-state index contributed by atoms with van der Waals surface area (Å²) in [5.41, 5.74) is 0.846. The van der Waals surface area contributed by atoms with E-state index in [1.807, 2.05) is 41.3 Å². The summed E-state index contributed by atoms with van der Waals surface area (Å²) in [7, 11) is 1.53. The fourth-order valence-corrected chi connectivity index (χ4v) is 3.73. The van der Waals surface area contributed by atoms with Crippen LogP contribution < -0.4 is 14.2 Å². The minimum absolute atomic E-state index is 0.0518. The molecule has 2 aromatic heterocycles. The number of benzene rings is 1. The summed E-state index contributed by atoms with van der Waals surface area (Å²) in [4.78, 5) is 19.5. The summed E-state index contributed by atoms with van der Waals surface area (Å²) in [5.74, 6) is 2.88. The first-order chi connectivity index (χ1) is 16.2. The third kappa shape index (κ3) is 6.25. The van der Waals surface area contributed by atoms with Crippen molar-refractivity contribution in [3.63, 3.8) is 0 Å². The van der Waals surface area contributed by atoms with Gasteiger partial charge in [0.2, 0.25) is 11.8 Å². The molecule has 1 amide bonds. The molecule has 8 heteroatoms. The smallest absolute Gasteiger partial charge is 0.254 e. The van der Waals surface area contributed by atoms with Crippen LogP contribution in [0.15, 0.2) is 53.2 Å². The van der Waals surface area contributed by atoms with Crippen LogP contribution >= 0.6 is 0 Å². The maximum Gasteiger partial charge on any atom is 0.254 e. The van der Waals surface area contributed by atoms with Crippen LogP contribution in [-0.2, 0) is 17.8 Å². The van der Waals surface area contributed by atoms with Gasteiger partial charge in [0.25, 0.3) is 5.88 Å². The lowest BCUT2D eigenvalue weighted by Crippen LogP contribution is -2.32. The van der Waals surface area contributed by atoms with Crippen LogP contribution in [0, 0.1) is 0 Å². The van der Waals surface area contributed by atoms with E-state index in [0.29, 0.717) is 61.6 Å². The first-order valence-corrected chi connectivity index (χ1v) is 11.3.